The summed E-state index contributed by atoms with van der Waals surface area (Å²) >= 11 is 5.82. The fraction of sp³-hybridized carbons (Fsp3) is 0.308. The Hall–Kier alpha value is -2.08. The fourth-order valence-corrected chi connectivity index (χ4v) is 1.72. The highest BCUT2D eigenvalue weighted by molar-refractivity contribution is 6.17. The van der Waals surface area contributed by atoms with Crippen molar-refractivity contribution in [1.29, 1.82) is 0 Å². The molecule has 20 heavy (non-hydrogen) atoms. The van der Waals surface area contributed by atoms with E-state index in [0.29, 0.717) is 17.3 Å². The zero-order valence-corrected chi connectivity index (χ0v) is 11.9. The predicted octanol–water partition coefficient (Wildman–Crippen LogP) is 2.16. The molecular formula is C13H13ClN4O2. The molecular weight excluding hydrogens is 280 g/mol. The Morgan fingerprint density at radius 1 is 1.20 bits per heavy atom. The van der Waals surface area contributed by atoms with Crippen LogP contribution in [0.25, 0.3) is 11.6 Å². The van der Waals surface area contributed by atoms with Crippen molar-refractivity contribution >= 4 is 17.6 Å². The van der Waals surface area contributed by atoms with Gasteiger partial charge in [0.15, 0.2) is 11.6 Å². The SMILES string of the molecule is CCOC(=O)c1cnc(-c2ncc(C)cn2)nc1CCl. The number of carbonyl (C=O) groups is 1. The Bertz CT molecular complexity index is 616. The molecule has 0 bridgehead atoms. The van der Waals surface area contributed by atoms with Crippen LogP contribution in [0.5, 0.6) is 0 Å². The minimum atomic E-state index is -0.487. The van der Waals surface area contributed by atoms with Gasteiger partial charge < -0.3 is 4.74 Å². The maximum absolute atomic E-state index is 11.7. The first-order valence-corrected chi connectivity index (χ1v) is 6.57. The molecule has 0 saturated carbocycles. The van der Waals surface area contributed by atoms with E-state index in [1.54, 1.807) is 19.3 Å². The Labute approximate surface area is 121 Å². The van der Waals surface area contributed by atoms with E-state index in [1.807, 2.05) is 6.92 Å². The molecule has 0 aliphatic heterocycles. The number of carbonyl (C=O) groups excluding carboxylic acids is 1. The van der Waals surface area contributed by atoms with Gasteiger partial charge in [-0.25, -0.2) is 24.7 Å². The number of alkyl halides is 1. The molecule has 0 amide bonds. The summed E-state index contributed by atoms with van der Waals surface area (Å²) in [6.45, 7) is 3.90. The van der Waals surface area contributed by atoms with E-state index in [0.717, 1.165) is 5.56 Å². The van der Waals surface area contributed by atoms with E-state index >= 15 is 0 Å². The number of aryl methyl sites for hydroxylation is 1. The van der Waals surface area contributed by atoms with Crippen molar-refractivity contribution in [3.05, 3.63) is 35.4 Å². The highest BCUT2D eigenvalue weighted by Crippen LogP contribution is 2.15. The largest absolute Gasteiger partial charge is 0.462 e. The second-order valence-corrected chi connectivity index (χ2v) is 4.26. The third-order valence-corrected chi connectivity index (χ3v) is 2.72. The van der Waals surface area contributed by atoms with Gasteiger partial charge in [0.2, 0.25) is 0 Å². The normalized spacial score (nSPS) is 10.3. The van der Waals surface area contributed by atoms with Crippen molar-refractivity contribution < 1.29 is 9.53 Å². The molecule has 0 radical (unpaired) electrons. The van der Waals surface area contributed by atoms with E-state index in [4.69, 9.17) is 16.3 Å². The maximum Gasteiger partial charge on any atom is 0.341 e. The van der Waals surface area contributed by atoms with Crippen LogP contribution in [0.1, 0.15) is 28.5 Å². The molecule has 0 unspecified atom stereocenters. The highest BCUT2D eigenvalue weighted by Gasteiger charge is 2.16. The molecule has 0 spiro atoms. The molecule has 0 N–H and O–H groups in total. The lowest BCUT2D eigenvalue weighted by Crippen LogP contribution is -2.11. The number of esters is 1. The van der Waals surface area contributed by atoms with E-state index in [2.05, 4.69) is 19.9 Å². The van der Waals surface area contributed by atoms with Crippen molar-refractivity contribution in [2.45, 2.75) is 19.7 Å². The van der Waals surface area contributed by atoms with Gasteiger partial charge in [-0.05, 0) is 19.4 Å². The molecule has 0 atom stereocenters. The lowest BCUT2D eigenvalue weighted by Gasteiger charge is -2.07. The third kappa shape index (κ3) is 3.08. The van der Waals surface area contributed by atoms with Gasteiger partial charge in [0, 0.05) is 18.6 Å². The number of ether oxygens (including phenoxy) is 1. The summed E-state index contributed by atoms with van der Waals surface area (Å²) in [6, 6.07) is 0. The number of hydrogen-bond donors (Lipinski definition) is 0. The van der Waals surface area contributed by atoms with Crippen LogP contribution in [0, 0.1) is 6.92 Å². The van der Waals surface area contributed by atoms with Crippen molar-refractivity contribution in [2.24, 2.45) is 0 Å². The first-order valence-electron chi connectivity index (χ1n) is 6.03. The van der Waals surface area contributed by atoms with Crippen LogP contribution in [0.15, 0.2) is 18.6 Å². The van der Waals surface area contributed by atoms with Crippen LogP contribution in [0.3, 0.4) is 0 Å². The Morgan fingerprint density at radius 2 is 1.85 bits per heavy atom. The zero-order chi connectivity index (χ0) is 14.5. The average Bonchev–Trinajstić information content (AvgIpc) is 2.47. The van der Waals surface area contributed by atoms with Crippen molar-refractivity contribution in [3.63, 3.8) is 0 Å². The van der Waals surface area contributed by atoms with Crippen molar-refractivity contribution in [1.82, 2.24) is 19.9 Å². The van der Waals surface area contributed by atoms with E-state index < -0.39 is 5.97 Å². The van der Waals surface area contributed by atoms with Gasteiger partial charge in [0.05, 0.1) is 18.2 Å². The minimum Gasteiger partial charge on any atom is -0.462 e. The van der Waals surface area contributed by atoms with Crippen molar-refractivity contribution in [3.8, 4) is 11.6 Å². The van der Waals surface area contributed by atoms with Crippen LogP contribution in [0.4, 0.5) is 0 Å². The van der Waals surface area contributed by atoms with Crippen LogP contribution in [-0.4, -0.2) is 32.5 Å². The number of nitrogens with zero attached hydrogens (tertiary/aromatic N) is 4. The summed E-state index contributed by atoms with van der Waals surface area (Å²) in [5.41, 5.74) is 1.60. The van der Waals surface area contributed by atoms with Crippen LogP contribution < -0.4 is 0 Å². The third-order valence-electron chi connectivity index (χ3n) is 2.47. The molecule has 2 rings (SSSR count). The van der Waals surface area contributed by atoms with Gasteiger partial charge in [-0.2, -0.15) is 0 Å². The lowest BCUT2D eigenvalue weighted by atomic mass is 10.2. The van der Waals surface area contributed by atoms with Gasteiger partial charge in [0.25, 0.3) is 0 Å². The van der Waals surface area contributed by atoms with Crippen molar-refractivity contribution in [2.75, 3.05) is 6.61 Å². The van der Waals surface area contributed by atoms with Gasteiger partial charge >= 0.3 is 5.97 Å². The molecule has 104 valence electrons. The van der Waals surface area contributed by atoms with Crippen LogP contribution in [0.2, 0.25) is 0 Å². The smallest absolute Gasteiger partial charge is 0.341 e. The molecule has 0 saturated heterocycles. The summed E-state index contributed by atoms with van der Waals surface area (Å²) in [4.78, 5) is 28.3. The first-order chi connectivity index (χ1) is 9.65. The molecule has 7 heteroatoms. The second kappa shape index (κ2) is 6.38. The topological polar surface area (TPSA) is 77.9 Å². The Kier molecular flexibility index (Phi) is 4.57. The van der Waals surface area contributed by atoms with Gasteiger partial charge in [-0.1, -0.05) is 0 Å². The first kappa shape index (κ1) is 14.3. The molecule has 0 aromatic carbocycles. The molecule has 6 nitrogen and oxygen atoms in total. The number of rotatable bonds is 4. The zero-order valence-electron chi connectivity index (χ0n) is 11.1. The summed E-state index contributed by atoms with van der Waals surface area (Å²) in [5.74, 6) is 0.306. The molecule has 0 aliphatic rings. The standard InChI is InChI=1S/C13H13ClN4O2/c1-3-20-13(19)9-7-17-12(18-10(9)4-14)11-15-5-8(2)6-16-11/h5-7H,3-4H2,1-2H3. The minimum absolute atomic E-state index is 0.0789. The lowest BCUT2D eigenvalue weighted by molar-refractivity contribution is 0.0524. The number of aromatic nitrogens is 4. The average molecular weight is 293 g/mol. The summed E-state index contributed by atoms with van der Waals surface area (Å²) < 4.78 is 4.92. The van der Waals surface area contributed by atoms with Crippen LogP contribution in [-0.2, 0) is 10.6 Å². The van der Waals surface area contributed by atoms with E-state index in [-0.39, 0.29) is 18.1 Å². The monoisotopic (exact) mass is 292 g/mol. The van der Waals surface area contributed by atoms with Gasteiger partial charge in [0.1, 0.15) is 5.56 Å². The molecule has 0 aliphatic carbocycles. The summed E-state index contributed by atoms with van der Waals surface area (Å²) in [7, 11) is 0. The van der Waals surface area contributed by atoms with Gasteiger partial charge in [-0.3, -0.25) is 0 Å². The Morgan fingerprint density at radius 3 is 2.45 bits per heavy atom. The van der Waals surface area contributed by atoms with Gasteiger partial charge in [-0.15, -0.1) is 11.6 Å². The van der Waals surface area contributed by atoms with E-state index in [9.17, 15) is 4.79 Å². The van der Waals surface area contributed by atoms with E-state index in [1.165, 1.54) is 6.20 Å². The summed E-state index contributed by atoms with van der Waals surface area (Å²) in [6.07, 6.45) is 4.73. The Balaban J connectivity index is 2.38. The molecule has 0 fully saturated rings. The van der Waals surface area contributed by atoms with Crippen LogP contribution >= 0.6 is 11.6 Å². The molecule has 2 heterocycles. The number of hydrogen-bond acceptors (Lipinski definition) is 6. The molecule has 2 aromatic heterocycles. The molecule has 2 aromatic rings. The summed E-state index contributed by atoms with van der Waals surface area (Å²) in [5, 5.41) is 0. The second-order valence-electron chi connectivity index (χ2n) is 3.99. The predicted molar refractivity (Wildman–Crippen MR) is 73.3 cm³/mol. The fourth-order valence-electron chi connectivity index (χ4n) is 1.51. The highest BCUT2D eigenvalue weighted by atomic mass is 35.5. The maximum atomic E-state index is 11.7. The number of halogens is 1. The quantitative estimate of drug-likeness (QED) is 0.635.